The van der Waals surface area contributed by atoms with Crippen molar-refractivity contribution in [1.82, 2.24) is 0 Å². The summed E-state index contributed by atoms with van der Waals surface area (Å²) in [4.78, 5) is 0. The zero-order valence-electron chi connectivity index (χ0n) is 6.55. The molecule has 0 aliphatic carbocycles. The van der Waals surface area contributed by atoms with Crippen LogP contribution >= 0.6 is 0 Å². The summed E-state index contributed by atoms with van der Waals surface area (Å²) in [7, 11) is 0. The zero-order chi connectivity index (χ0) is 7.84. The molecular formula is C8H9NO. The first-order chi connectivity index (χ1) is 5.27. The molecule has 10 heavy (non-hydrogen) atoms. The predicted octanol–water partition coefficient (Wildman–Crippen LogP) is 1.20. The van der Waals surface area contributed by atoms with Crippen molar-refractivity contribution in [2.45, 2.75) is 6.42 Å². The summed E-state index contributed by atoms with van der Waals surface area (Å²) in [5.41, 5.74) is 7.28. The van der Waals surface area contributed by atoms with E-state index in [9.17, 15) is 0 Å². The first-order valence-electron chi connectivity index (χ1n) is 3.79. The van der Waals surface area contributed by atoms with Crippen molar-refractivity contribution in [2.75, 3.05) is 12.3 Å². The van der Waals surface area contributed by atoms with Crippen LogP contribution < -0.4 is 10.5 Å². The molecule has 1 heterocycles. The molecule has 0 saturated heterocycles. The third-order valence-corrected chi connectivity index (χ3v) is 1.67. The molecular weight excluding hydrogens is 126 g/mol. The van der Waals surface area contributed by atoms with Crippen LogP contribution in [0.2, 0.25) is 0 Å². The Morgan fingerprint density at radius 1 is 1.60 bits per heavy atom. The number of ether oxygens (including phenoxy) is 1. The number of rotatable bonds is 0. The van der Waals surface area contributed by atoms with Crippen LogP contribution in [0.5, 0.6) is 5.75 Å². The second-order valence-corrected chi connectivity index (χ2v) is 2.36. The SMILES string of the molecule is [2H]c1cc(N)c2c(c1)CCO2. The van der Waals surface area contributed by atoms with Crippen LogP contribution in [0, 0.1) is 0 Å². The number of nitrogen functional groups attached to an aromatic ring is 1. The molecule has 1 aromatic rings. The van der Waals surface area contributed by atoms with Gasteiger partial charge in [0.15, 0.2) is 0 Å². The van der Waals surface area contributed by atoms with E-state index in [0.717, 1.165) is 17.7 Å². The van der Waals surface area contributed by atoms with Gasteiger partial charge in [0.25, 0.3) is 0 Å². The van der Waals surface area contributed by atoms with Crippen molar-refractivity contribution >= 4 is 5.69 Å². The largest absolute Gasteiger partial charge is 0.491 e. The molecule has 2 rings (SSSR count). The molecule has 52 valence electrons. The molecule has 0 bridgehead atoms. The number of para-hydroxylation sites is 1. The molecule has 0 amide bonds. The number of hydrogen-bond acceptors (Lipinski definition) is 2. The lowest BCUT2D eigenvalue weighted by atomic mass is 10.1. The Kier molecular flexibility index (Phi) is 0.877. The topological polar surface area (TPSA) is 35.2 Å². The average Bonchev–Trinajstić information content (AvgIpc) is 2.34. The molecule has 1 aliphatic heterocycles. The minimum Gasteiger partial charge on any atom is -0.491 e. The Morgan fingerprint density at radius 2 is 2.50 bits per heavy atom. The molecule has 0 atom stereocenters. The number of benzene rings is 1. The van der Waals surface area contributed by atoms with Gasteiger partial charge in [0.05, 0.1) is 13.7 Å². The normalized spacial score (nSPS) is 15.8. The Balaban J connectivity index is 2.60. The van der Waals surface area contributed by atoms with Gasteiger partial charge in [-0.15, -0.1) is 0 Å². The standard InChI is InChI=1S/C8H9NO/c9-7-3-1-2-6-4-5-10-8(6)7/h1-3H,4-5,9H2/i1D. The second kappa shape index (κ2) is 1.90. The van der Waals surface area contributed by atoms with Gasteiger partial charge in [-0.3, -0.25) is 0 Å². The second-order valence-electron chi connectivity index (χ2n) is 2.36. The van der Waals surface area contributed by atoms with Gasteiger partial charge in [0.1, 0.15) is 5.75 Å². The van der Waals surface area contributed by atoms with Crippen molar-refractivity contribution in [3.05, 3.63) is 23.7 Å². The van der Waals surface area contributed by atoms with Gasteiger partial charge in [-0.05, 0) is 11.6 Å². The minimum atomic E-state index is 0.465. The van der Waals surface area contributed by atoms with Gasteiger partial charge in [-0.1, -0.05) is 12.1 Å². The fourth-order valence-corrected chi connectivity index (χ4v) is 1.17. The summed E-state index contributed by atoms with van der Waals surface area (Å²) in [6, 6.07) is 3.88. The molecule has 1 aliphatic rings. The third kappa shape index (κ3) is 0.652. The van der Waals surface area contributed by atoms with Crippen LogP contribution in [-0.2, 0) is 6.42 Å². The van der Waals surface area contributed by atoms with Gasteiger partial charge < -0.3 is 10.5 Å². The van der Waals surface area contributed by atoms with Gasteiger partial charge in [0.2, 0.25) is 0 Å². The minimum absolute atomic E-state index is 0.465. The molecule has 2 heteroatoms. The van der Waals surface area contributed by atoms with E-state index in [1.807, 2.05) is 0 Å². The van der Waals surface area contributed by atoms with Crippen molar-refractivity contribution < 1.29 is 6.11 Å². The maximum Gasteiger partial charge on any atom is 0.145 e. The Hall–Kier alpha value is -1.18. The van der Waals surface area contributed by atoms with Gasteiger partial charge in [-0.25, -0.2) is 0 Å². The van der Waals surface area contributed by atoms with Crippen molar-refractivity contribution in [3.8, 4) is 5.75 Å². The zero-order valence-corrected chi connectivity index (χ0v) is 5.55. The summed E-state index contributed by atoms with van der Waals surface area (Å²) < 4.78 is 12.6. The van der Waals surface area contributed by atoms with E-state index in [0.29, 0.717) is 18.3 Å². The quantitative estimate of drug-likeness (QED) is 0.544. The lowest BCUT2D eigenvalue weighted by Gasteiger charge is -2.00. The highest BCUT2D eigenvalue weighted by molar-refractivity contribution is 5.58. The van der Waals surface area contributed by atoms with Gasteiger partial charge in [0, 0.05) is 6.42 Å². The van der Waals surface area contributed by atoms with Crippen molar-refractivity contribution in [1.29, 1.82) is 0 Å². The van der Waals surface area contributed by atoms with E-state index >= 15 is 0 Å². The number of hydrogen-bond donors (Lipinski definition) is 1. The van der Waals surface area contributed by atoms with Crippen molar-refractivity contribution in [2.24, 2.45) is 0 Å². The summed E-state index contributed by atoms with van der Waals surface area (Å²) in [6.07, 6.45) is 0.881. The predicted molar refractivity (Wildman–Crippen MR) is 40.1 cm³/mol. The summed E-state index contributed by atoms with van der Waals surface area (Å²) in [6.45, 7) is 0.697. The van der Waals surface area contributed by atoms with E-state index in [1.54, 1.807) is 12.1 Å². The Morgan fingerprint density at radius 3 is 3.40 bits per heavy atom. The highest BCUT2D eigenvalue weighted by atomic mass is 16.5. The smallest absolute Gasteiger partial charge is 0.145 e. The van der Waals surface area contributed by atoms with Crippen LogP contribution in [0.3, 0.4) is 0 Å². The van der Waals surface area contributed by atoms with E-state index in [4.69, 9.17) is 11.8 Å². The van der Waals surface area contributed by atoms with Crippen LogP contribution in [0.25, 0.3) is 0 Å². The summed E-state index contributed by atoms with van der Waals surface area (Å²) in [5.74, 6) is 0.779. The molecule has 2 nitrogen and oxygen atoms in total. The maximum atomic E-state index is 7.37. The van der Waals surface area contributed by atoms with Crippen LogP contribution in [0.4, 0.5) is 5.69 Å². The van der Waals surface area contributed by atoms with E-state index < -0.39 is 0 Å². The molecule has 0 fully saturated rings. The van der Waals surface area contributed by atoms with Crippen LogP contribution in [0.1, 0.15) is 6.93 Å². The number of anilines is 1. The fraction of sp³-hybridized carbons (Fsp3) is 0.250. The number of nitrogens with two attached hydrogens (primary N) is 1. The van der Waals surface area contributed by atoms with Crippen molar-refractivity contribution in [3.63, 3.8) is 0 Å². The highest BCUT2D eigenvalue weighted by Crippen LogP contribution is 2.30. The molecule has 0 unspecified atom stereocenters. The van der Waals surface area contributed by atoms with E-state index in [2.05, 4.69) is 0 Å². The van der Waals surface area contributed by atoms with E-state index in [-0.39, 0.29) is 0 Å². The third-order valence-electron chi connectivity index (χ3n) is 1.67. The first-order valence-corrected chi connectivity index (χ1v) is 3.29. The highest BCUT2D eigenvalue weighted by Gasteiger charge is 2.12. The average molecular weight is 136 g/mol. The molecule has 0 aromatic heterocycles. The van der Waals surface area contributed by atoms with Crippen LogP contribution in [0.15, 0.2) is 18.2 Å². The maximum absolute atomic E-state index is 7.37. The molecule has 1 aromatic carbocycles. The van der Waals surface area contributed by atoms with Gasteiger partial charge >= 0.3 is 0 Å². The molecule has 0 spiro atoms. The van der Waals surface area contributed by atoms with Gasteiger partial charge in [-0.2, -0.15) is 0 Å². The first kappa shape index (κ1) is 4.61. The fourth-order valence-electron chi connectivity index (χ4n) is 1.17. The Bertz CT molecular complexity index is 298. The van der Waals surface area contributed by atoms with E-state index in [1.165, 1.54) is 0 Å². The summed E-state index contributed by atoms with van der Waals surface area (Å²) >= 11 is 0. The molecule has 2 N–H and O–H groups in total. The molecule has 0 saturated carbocycles. The lowest BCUT2D eigenvalue weighted by molar-refractivity contribution is 0.358. The molecule has 0 radical (unpaired) electrons. The monoisotopic (exact) mass is 136 g/mol. The summed E-state index contributed by atoms with van der Waals surface area (Å²) in [5, 5.41) is 0. The van der Waals surface area contributed by atoms with Crippen LogP contribution in [-0.4, -0.2) is 6.61 Å². The Labute approximate surface area is 61.0 Å². The lowest BCUT2D eigenvalue weighted by Crippen LogP contribution is -1.90. The number of fused-ring (bicyclic) bond motifs is 1.